The largest absolute Gasteiger partial charge is 0.595 e. The summed E-state index contributed by atoms with van der Waals surface area (Å²) in [5, 5.41) is 18.0. The lowest BCUT2D eigenvalue weighted by molar-refractivity contribution is -0.991. The van der Waals surface area contributed by atoms with Crippen LogP contribution < -0.4 is 5.23 Å². The molecule has 1 aromatic rings. The molecule has 6 nitrogen and oxygen atoms in total. The fourth-order valence-electron chi connectivity index (χ4n) is 1.33. The first-order valence-corrected chi connectivity index (χ1v) is 7.05. The quantitative estimate of drug-likeness (QED) is 0.653. The van der Waals surface area contributed by atoms with Gasteiger partial charge in [-0.3, -0.25) is 9.63 Å². The number of hydroxylamine groups is 2. The second-order valence-corrected chi connectivity index (χ2v) is 6.41. The smallest absolute Gasteiger partial charge is 0.310 e. The van der Waals surface area contributed by atoms with Crippen LogP contribution in [0.5, 0.6) is 0 Å². The third-order valence-corrected chi connectivity index (χ3v) is 3.53. The van der Waals surface area contributed by atoms with Crippen molar-refractivity contribution in [3.8, 4) is 0 Å². The van der Waals surface area contributed by atoms with Crippen LogP contribution in [0.1, 0.15) is 10.4 Å². The number of hydrogen-bond acceptors (Lipinski definition) is 4. The summed E-state index contributed by atoms with van der Waals surface area (Å²) in [4.78, 5) is 13.6. The second kappa shape index (κ2) is 4.51. The van der Waals surface area contributed by atoms with Crippen LogP contribution in [0.4, 0.5) is 25.1 Å². The number of hydrogen-bond donors (Lipinski definition) is 2. The number of quaternary nitrogens is 1. The highest BCUT2D eigenvalue weighted by atomic mass is 32.5. The van der Waals surface area contributed by atoms with E-state index in [9.17, 15) is 29.4 Å². The van der Waals surface area contributed by atoms with Crippen LogP contribution in [0.3, 0.4) is 0 Å². The molecule has 0 spiro atoms. The molecular formula is C9H11F5N2O4S. The van der Waals surface area contributed by atoms with E-state index in [0.29, 0.717) is 11.1 Å². The molecule has 0 bridgehead atoms. The van der Waals surface area contributed by atoms with Crippen molar-refractivity contribution in [1.82, 2.24) is 5.06 Å². The monoisotopic (exact) mass is 338 g/mol. The van der Waals surface area contributed by atoms with Crippen molar-refractivity contribution in [2.75, 3.05) is 14.2 Å². The Kier molecular flexibility index (Phi) is 3.78. The minimum atomic E-state index is -10.1. The second-order valence-electron chi connectivity index (χ2n) is 4.01. The predicted octanol–water partition coefficient (Wildman–Crippen LogP) is 2.38. The molecule has 1 amide bonds. The van der Waals surface area contributed by atoms with E-state index in [0.717, 1.165) is 14.2 Å². The molecular weight excluding hydrogens is 327 g/mol. The molecule has 0 saturated heterocycles. The summed E-state index contributed by atoms with van der Waals surface area (Å²) in [5.74, 6) is -1.20. The molecule has 122 valence electrons. The van der Waals surface area contributed by atoms with Crippen LogP contribution in [-0.4, -0.2) is 30.3 Å². The number of benzene rings is 1. The normalized spacial score (nSPS) is 16.8. The van der Waals surface area contributed by atoms with Gasteiger partial charge in [-0.25, -0.2) is 10.3 Å². The summed E-state index contributed by atoms with van der Waals surface area (Å²) >= 11 is 0. The Hall–Kier alpha value is -1.47. The number of nitrogens with one attached hydrogen (secondary N) is 1. The molecule has 21 heavy (non-hydrogen) atoms. The van der Waals surface area contributed by atoms with Gasteiger partial charge in [0.2, 0.25) is 0 Å². The summed E-state index contributed by atoms with van der Waals surface area (Å²) in [7, 11) is -8.08. The molecule has 0 aromatic heterocycles. The first-order valence-electron chi connectivity index (χ1n) is 5.10. The summed E-state index contributed by atoms with van der Waals surface area (Å²) in [6.07, 6.45) is 0. The van der Waals surface area contributed by atoms with Crippen molar-refractivity contribution in [3.05, 3.63) is 29.0 Å². The van der Waals surface area contributed by atoms with Crippen molar-refractivity contribution in [2.24, 2.45) is 0 Å². The first kappa shape index (κ1) is 17.6. The minimum absolute atomic E-state index is 0.105. The third-order valence-electron chi connectivity index (χ3n) is 2.41. The number of carbonyl (C=O) groups is 1. The molecule has 0 aliphatic carbocycles. The molecule has 2 N–H and O–H groups in total. The van der Waals surface area contributed by atoms with Gasteiger partial charge in [0.1, 0.15) is 4.90 Å². The Morgan fingerprint density at radius 2 is 1.81 bits per heavy atom. The number of amides is 1. The number of carbonyl (C=O) groups excluding carboxylic acids is 1. The van der Waals surface area contributed by atoms with Crippen LogP contribution in [0.15, 0.2) is 23.1 Å². The Labute approximate surface area is 115 Å². The maximum absolute atomic E-state index is 12.8. The summed E-state index contributed by atoms with van der Waals surface area (Å²) < 4.78 is 63.8. The molecule has 1 atom stereocenters. The molecule has 12 heteroatoms. The highest BCUT2D eigenvalue weighted by Gasteiger charge is 2.66. The summed E-state index contributed by atoms with van der Waals surface area (Å²) in [5.41, 5.74) is -1.98. The zero-order valence-electron chi connectivity index (χ0n) is 10.6. The minimum Gasteiger partial charge on any atom is -0.595 e. The Morgan fingerprint density at radius 3 is 2.19 bits per heavy atom. The molecule has 0 heterocycles. The lowest BCUT2D eigenvalue weighted by atomic mass is 10.2. The number of rotatable bonds is 4. The van der Waals surface area contributed by atoms with Crippen molar-refractivity contribution >= 4 is 21.8 Å². The molecule has 1 unspecified atom stereocenters. The molecule has 0 aliphatic heterocycles. The molecule has 1 aromatic carbocycles. The van der Waals surface area contributed by atoms with Crippen molar-refractivity contribution in [1.29, 1.82) is 0 Å². The summed E-state index contributed by atoms with van der Waals surface area (Å²) in [6.45, 7) is 0. The zero-order chi connectivity index (χ0) is 16.7. The van der Waals surface area contributed by atoms with Gasteiger partial charge in [-0.15, -0.1) is 0 Å². The van der Waals surface area contributed by atoms with Crippen LogP contribution in [-0.2, 0) is 4.84 Å². The molecule has 0 fully saturated rings. The van der Waals surface area contributed by atoms with Gasteiger partial charge in [0.05, 0.1) is 7.11 Å². The molecule has 1 rings (SSSR count). The highest BCUT2D eigenvalue weighted by Crippen LogP contribution is 3.02. The van der Waals surface area contributed by atoms with Crippen molar-refractivity contribution in [3.63, 3.8) is 0 Å². The third kappa shape index (κ3) is 4.25. The lowest BCUT2D eigenvalue weighted by Crippen LogP contribution is -2.99. The standard InChI is InChI=1S/C9H11F5N2O4S/c1-15(20-2)9(17)6-3-7(16(18)19)5-8(4-6)21(10,11,12,13)14/h3-5,16,18H,1-2H3. The molecule has 0 radical (unpaired) electrons. The van der Waals surface area contributed by atoms with E-state index >= 15 is 0 Å². The Bertz CT molecular complexity index is 577. The highest BCUT2D eigenvalue weighted by molar-refractivity contribution is 8.45. The van der Waals surface area contributed by atoms with Gasteiger partial charge in [-0.1, -0.05) is 19.4 Å². The van der Waals surface area contributed by atoms with Gasteiger partial charge in [0.15, 0.2) is 5.69 Å². The Balaban J connectivity index is 3.57. The first-order chi connectivity index (χ1) is 9.15. The van der Waals surface area contributed by atoms with Crippen LogP contribution >= 0.6 is 10.2 Å². The van der Waals surface area contributed by atoms with Gasteiger partial charge in [0, 0.05) is 24.7 Å². The van der Waals surface area contributed by atoms with Gasteiger partial charge in [-0.2, -0.15) is 5.23 Å². The average molecular weight is 338 g/mol. The zero-order valence-corrected chi connectivity index (χ0v) is 11.5. The van der Waals surface area contributed by atoms with Crippen molar-refractivity contribution < 1.29 is 39.5 Å². The SMILES string of the molecule is CON(C)C(=O)c1cc([NH+]([O-])O)cc(S(F)(F)(F)(F)F)c1. The van der Waals surface area contributed by atoms with Gasteiger partial charge < -0.3 is 5.21 Å². The average Bonchev–Trinajstić information content (AvgIpc) is 2.33. The fraction of sp³-hybridized carbons (Fsp3) is 0.222. The van der Waals surface area contributed by atoms with Gasteiger partial charge in [-0.05, 0) is 6.07 Å². The molecule has 0 saturated carbocycles. The van der Waals surface area contributed by atoms with E-state index in [4.69, 9.17) is 5.21 Å². The van der Waals surface area contributed by atoms with Crippen LogP contribution in [0, 0.1) is 5.21 Å². The summed E-state index contributed by atoms with van der Waals surface area (Å²) in [6, 6.07) is 0.229. The number of nitrogens with zero attached hydrogens (tertiary/aromatic N) is 1. The van der Waals surface area contributed by atoms with Gasteiger partial charge in [0.25, 0.3) is 5.91 Å². The van der Waals surface area contributed by atoms with E-state index in [-0.39, 0.29) is 12.1 Å². The van der Waals surface area contributed by atoms with E-state index in [1.807, 2.05) is 0 Å². The maximum atomic E-state index is 12.8. The lowest BCUT2D eigenvalue weighted by Gasteiger charge is -2.40. The fourth-order valence-corrected chi connectivity index (χ4v) is 2.03. The van der Waals surface area contributed by atoms with E-state index in [1.165, 1.54) is 0 Å². The Morgan fingerprint density at radius 1 is 1.29 bits per heavy atom. The molecule has 0 aliphatic rings. The van der Waals surface area contributed by atoms with Crippen molar-refractivity contribution in [2.45, 2.75) is 4.90 Å². The predicted molar refractivity (Wildman–Crippen MR) is 62.7 cm³/mol. The van der Waals surface area contributed by atoms with E-state index in [1.54, 1.807) is 0 Å². The van der Waals surface area contributed by atoms with Crippen LogP contribution in [0.25, 0.3) is 0 Å². The topological polar surface area (TPSA) is 77.3 Å². The van der Waals surface area contributed by atoms with E-state index in [2.05, 4.69) is 4.84 Å². The van der Waals surface area contributed by atoms with Gasteiger partial charge >= 0.3 is 10.2 Å². The van der Waals surface area contributed by atoms with Crippen LogP contribution in [0.2, 0.25) is 0 Å². The number of halogens is 5. The maximum Gasteiger partial charge on any atom is 0.310 e. The van der Waals surface area contributed by atoms with E-state index < -0.39 is 37.5 Å².